The molecule has 0 aromatic heterocycles. The van der Waals surface area contributed by atoms with Crippen LogP contribution in [-0.4, -0.2) is 67.4 Å². The summed E-state index contributed by atoms with van der Waals surface area (Å²) < 4.78 is 0. The SMILES string of the molecule is CC(=O)N1CCN(C(=O)CN2CCNc3ccccc32)CC1. The van der Waals surface area contributed by atoms with E-state index in [9.17, 15) is 9.59 Å². The first-order chi connectivity index (χ1) is 10.6. The maximum atomic E-state index is 12.5. The van der Waals surface area contributed by atoms with Crippen molar-refractivity contribution in [2.24, 2.45) is 0 Å². The van der Waals surface area contributed by atoms with E-state index in [2.05, 4.69) is 10.2 Å². The molecule has 0 aliphatic carbocycles. The topological polar surface area (TPSA) is 55.9 Å². The Bertz CT molecular complexity index is 567. The summed E-state index contributed by atoms with van der Waals surface area (Å²) in [6.45, 7) is 6.20. The summed E-state index contributed by atoms with van der Waals surface area (Å²) in [5.41, 5.74) is 2.17. The number of amides is 2. The van der Waals surface area contributed by atoms with Gasteiger partial charge in [-0.15, -0.1) is 0 Å². The summed E-state index contributed by atoms with van der Waals surface area (Å²) in [5.74, 6) is 0.225. The highest BCUT2D eigenvalue weighted by atomic mass is 16.2. The van der Waals surface area contributed by atoms with E-state index < -0.39 is 0 Å². The number of piperazine rings is 1. The molecule has 3 rings (SSSR count). The van der Waals surface area contributed by atoms with Crippen LogP contribution in [0.2, 0.25) is 0 Å². The van der Waals surface area contributed by atoms with E-state index >= 15 is 0 Å². The third-order valence-corrected chi connectivity index (χ3v) is 4.35. The lowest BCUT2D eigenvalue weighted by atomic mass is 10.2. The van der Waals surface area contributed by atoms with E-state index in [1.54, 1.807) is 11.8 Å². The fourth-order valence-corrected chi connectivity index (χ4v) is 3.04. The van der Waals surface area contributed by atoms with Crippen LogP contribution in [0.25, 0.3) is 0 Å². The van der Waals surface area contributed by atoms with E-state index in [4.69, 9.17) is 0 Å². The second-order valence-electron chi connectivity index (χ2n) is 5.75. The summed E-state index contributed by atoms with van der Waals surface area (Å²) in [5, 5.41) is 3.35. The minimum Gasteiger partial charge on any atom is -0.382 e. The van der Waals surface area contributed by atoms with E-state index in [-0.39, 0.29) is 11.8 Å². The van der Waals surface area contributed by atoms with Gasteiger partial charge in [0.15, 0.2) is 0 Å². The lowest BCUT2D eigenvalue weighted by molar-refractivity contribution is -0.137. The van der Waals surface area contributed by atoms with Crippen molar-refractivity contribution in [2.75, 3.05) is 56.0 Å². The first kappa shape index (κ1) is 14.7. The predicted molar refractivity (Wildman–Crippen MR) is 86.0 cm³/mol. The maximum absolute atomic E-state index is 12.5. The van der Waals surface area contributed by atoms with Crippen LogP contribution in [0.5, 0.6) is 0 Å². The zero-order chi connectivity index (χ0) is 15.5. The molecule has 0 atom stereocenters. The van der Waals surface area contributed by atoms with Gasteiger partial charge in [-0.25, -0.2) is 0 Å². The van der Waals surface area contributed by atoms with Gasteiger partial charge in [0.05, 0.1) is 17.9 Å². The Morgan fingerprint density at radius 3 is 2.45 bits per heavy atom. The monoisotopic (exact) mass is 302 g/mol. The summed E-state index contributed by atoms with van der Waals surface area (Å²) in [6, 6.07) is 8.08. The molecule has 0 spiro atoms. The molecule has 0 bridgehead atoms. The van der Waals surface area contributed by atoms with Gasteiger partial charge in [-0.3, -0.25) is 9.59 Å². The van der Waals surface area contributed by atoms with Gasteiger partial charge in [-0.2, -0.15) is 0 Å². The molecule has 1 N–H and O–H groups in total. The summed E-state index contributed by atoms with van der Waals surface area (Å²) in [7, 11) is 0. The van der Waals surface area contributed by atoms with Gasteiger partial charge in [0.1, 0.15) is 0 Å². The fraction of sp³-hybridized carbons (Fsp3) is 0.500. The highest BCUT2D eigenvalue weighted by Gasteiger charge is 2.25. The van der Waals surface area contributed by atoms with E-state index in [1.807, 2.05) is 29.2 Å². The number of carbonyl (C=O) groups is 2. The van der Waals surface area contributed by atoms with E-state index in [0.29, 0.717) is 32.7 Å². The Balaban J connectivity index is 1.60. The van der Waals surface area contributed by atoms with Gasteiger partial charge in [-0.1, -0.05) is 12.1 Å². The molecular weight excluding hydrogens is 280 g/mol. The second-order valence-corrected chi connectivity index (χ2v) is 5.75. The van der Waals surface area contributed by atoms with Crippen LogP contribution in [0.3, 0.4) is 0 Å². The van der Waals surface area contributed by atoms with Crippen molar-refractivity contribution in [2.45, 2.75) is 6.92 Å². The Labute approximate surface area is 130 Å². The highest BCUT2D eigenvalue weighted by molar-refractivity contribution is 5.84. The Hall–Kier alpha value is -2.24. The maximum Gasteiger partial charge on any atom is 0.242 e. The number of hydrogen-bond donors (Lipinski definition) is 1. The standard InChI is InChI=1S/C16H22N4O2/c1-13(21)18-8-10-19(11-9-18)16(22)12-20-7-6-17-14-4-2-3-5-15(14)20/h2-5,17H,6-12H2,1H3. The molecule has 2 aliphatic heterocycles. The van der Waals surface area contributed by atoms with E-state index in [0.717, 1.165) is 24.5 Å². The molecule has 0 unspecified atom stereocenters. The van der Waals surface area contributed by atoms with Crippen molar-refractivity contribution in [1.82, 2.24) is 9.80 Å². The van der Waals surface area contributed by atoms with Crippen molar-refractivity contribution in [3.05, 3.63) is 24.3 Å². The molecule has 6 heteroatoms. The molecule has 2 aliphatic rings. The first-order valence-electron chi connectivity index (χ1n) is 7.76. The van der Waals surface area contributed by atoms with Crippen molar-refractivity contribution in [1.29, 1.82) is 0 Å². The fourth-order valence-electron chi connectivity index (χ4n) is 3.04. The molecule has 6 nitrogen and oxygen atoms in total. The van der Waals surface area contributed by atoms with Crippen LogP contribution < -0.4 is 10.2 Å². The number of benzene rings is 1. The number of rotatable bonds is 2. The molecular formula is C16H22N4O2. The molecule has 2 amide bonds. The Kier molecular flexibility index (Phi) is 4.18. The van der Waals surface area contributed by atoms with Crippen LogP contribution in [0.15, 0.2) is 24.3 Å². The summed E-state index contributed by atoms with van der Waals surface area (Å²) >= 11 is 0. The second kappa shape index (κ2) is 6.25. The Morgan fingerprint density at radius 2 is 1.73 bits per heavy atom. The molecule has 1 aromatic rings. The smallest absolute Gasteiger partial charge is 0.242 e. The molecule has 0 saturated carbocycles. The molecule has 1 saturated heterocycles. The zero-order valence-corrected chi connectivity index (χ0v) is 12.9. The predicted octanol–water partition coefficient (Wildman–Crippen LogP) is 0.609. The average molecular weight is 302 g/mol. The summed E-state index contributed by atoms with van der Waals surface area (Å²) in [6.07, 6.45) is 0. The number of hydrogen-bond acceptors (Lipinski definition) is 4. The van der Waals surface area contributed by atoms with E-state index in [1.165, 1.54) is 0 Å². The minimum atomic E-state index is 0.0862. The normalized spacial score (nSPS) is 17.8. The van der Waals surface area contributed by atoms with Crippen LogP contribution >= 0.6 is 0 Å². The van der Waals surface area contributed by atoms with Crippen molar-refractivity contribution in [3.63, 3.8) is 0 Å². The van der Waals surface area contributed by atoms with Crippen LogP contribution in [-0.2, 0) is 9.59 Å². The Morgan fingerprint density at radius 1 is 1.05 bits per heavy atom. The van der Waals surface area contributed by atoms with Gasteiger partial charge in [0, 0.05) is 46.2 Å². The molecule has 1 fully saturated rings. The molecule has 0 radical (unpaired) electrons. The average Bonchev–Trinajstić information content (AvgIpc) is 2.55. The number of carbonyl (C=O) groups excluding carboxylic acids is 2. The van der Waals surface area contributed by atoms with Crippen molar-refractivity contribution >= 4 is 23.2 Å². The minimum absolute atomic E-state index is 0.0862. The number of fused-ring (bicyclic) bond motifs is 1. The molecule has 118 valence electrons. The van der Waals surface area contributed by atoms with Crippen molar-refractivity contribution < 1.29 is 9.59 Å². The lowest BCUT2D eigenvalue weighted by Gasteiger charge is -2.37. The quantitative estimate of drug-likeness (QED) is 0.870. The molecule has 1 aromatic carbocycles. The number of anilines is 2. The van der Waals surface area contributed by atoms with Gasteiger partial charge in [0.25, 0.3) is 0 Å². The molecule has 2 heterocycles. The number of nitrogens with one attached hydrogen (secondary N) is 1. The van der Waals surface area contributed by atoms with Gasteiger partial charge in [-0.05, 0) is 12.1 Å². The highest BCUT2D eigenvalue weighted by Crippen LogP contribution is 2.28. The van der Waals surface area contributed by atoms with Crippen LogP contribution in [0, 0.1) is 0 Å². The van der Waals surface area contributed by atoms with Crippen LogP contribution in [0.1, 0.15) is 6.92 Å². The van der Waals surface area contributed by atoms with Crippen LogP contribution in [0.4, 0.5) is 11.4 Å². The number of nitrogens with zero attached hydrogens (tertiary/aromatic N) is 3. The zero-order valence-electron chi connectivity index (χ0n) is 12.9. The summed E-state index contributed by atoms with van der Waals surface area (Å²) in [4.78, 5) is 29.6. The molecule has 22 heavy (non-hydrogen) atoms. The third kappa shape index (κ3) is 3.00. The lowest BCUT2D eigenvalue weighted by Crippen LogP contribution is -2.52. The number of para-hydroxylation sites is 2. The van der Waals surface area contributed by atoms with Crippen molar-refractivity contribution in [3.8, 4) is 0 Å². The third-order valence-electron chi connectivity index (χ3n) is 4.35. The van der Waals surface area contributed by atoms with Gasteiger partial charge >= 0.3 is 0 Å². The first-order valence-corrected chi connectivity index (χ1v) is 7.76. The van der Waals surface area contributed by atoms with Gasteiger partial charge in [0.2, 0.25) is 11.8 Å². The largest absolute Gasteiger partial charge is 0.382 e. The van der Waals surface area contributed by atoms with Gasteiger partial charge < -0.3 is 20.0 Å².